The molecule has 0 rings (SSSR count). The zero-order valence-electron chi connectivity index (χ0n) is 47.8. The molecule has 0 saturated heterocycles. The Hall–Kier alpha value is -3.53. The second-order valence-electron chi connectivity index (χ2n) is 20.9. The van der Waals surface area contributed by atoms with Gasteiger partial charge in [0.25, 0.3) is 6.29 Å². The number of carbonyl (C=O) groups is 3. The summed E-state index contributed by atoms with van der Waals surface area (Å²) in [6.45, 7) is 4.75. The number of esters is 2. The first-order valence-corrected chi connectivity index (χ1v) is 29.8. The number of unbranched alkanes of at least 4 members (excludes halogenated alkanes) is 25. The van der Waals surface area contributed by atoms with Crippen molar-refractivity contribution < 1.29 is 42.9 Å². The highest BCUT2D eigenvalue weighted by Gasteiger charge is 2.25. The molecule has 0 aliphatic rings. The van der Waals surface area contributed by atoms with Crippen molar-refractivity contribution in [3.05, 3.63) is 85.1 Å². The molecule has 0 aromatic carbocycles. The maximum Gasteiger partial charge on any atom is 0.361 e. The lowest BCUT2D eigenvalue weighted by Crippen LogP contribution is -2.40. The Morgan fingerprint density at radius 2 is 0.781 bits per heavy atom. The first-order valence-electron chi connectivity index (χ1n) is 29.8. The predicted molar refractivity (Wildman–Crippen MR) is 309 cm³/mol. The lowest BCUT2D eigenvalue weighted by Gasteiger charge is -2.25. The topological polar surface area (TPSA) is 108 Å². The minimum Gasteiger partial charge on any atom is -0.477 e. The molecule has 0 bridgehead atoms. The van der Waals surface area contributed by atoms with Gasteiger partial charge in [0.2, 0.25) is 0 Å². The van der Waals surface area contributed by atoms with Gasteiger partial charge >= 0.3 is 17.9 Å². The molecule has 0 amide bonds. The maximum atomic E-state index is 12.9. The Labute approximate surface area is 449 Å². The highest BCUT2D eigenvalue weighted by Crippen LogP contribution is 2.16. The van der Waals surface area contributed by atoms with Gasteiger partial charge in [-0.2, -0.15) is 0 Å². The molecule has 2 unspecified atom stereocenters. The third-order valence-electron chi connectivity index (χ3n) is 12.6. The number of hydrogen-bond donors (Lipinski definition) is 1. The largest absolute Gasteiger partial charge is 0.477 e. The molecule has 1 N–H and O–H groups in total. The number of carboxylic acid groups (broad SMARTS) is 1. The molecule has 0 radical (unpaired) electrons. The van der Waals surface area contributed by atoms with Gasteiger partial charge in [-0.3, -0.25) is 9.59 Å². The highest BCUT2D eigenvalue weighted by atomic mass is 16.7. The zero-order valence-corrected chi connectivity index (χ0v) is 47.8. The van der Waals surface area contributed by atoms with Gasteiger partial charge < -0.3 is 28.5 Å². The molecule has 0 aliphatic carbocycles. The summed E-state index contributed by atoms with van der Waals surface area (Å²) in [6.07, 6.45) is 69.4. The third-order valence-corrected chi connectivity index (χ3v) is 12.6. The van der Waals surface area contributed by atoms with E-state index in [1.807, 2.05) is 21.1 Å². The average molecular weight is 1020 g/mol. The van der Waals surface area contributed by atoms with Crippen LogP contribution in [0.25, 0.3) is 0 Å². The molecule has 0 aromatic heterocycles. The van der Waals surface area contributed by atoms with Crippen LogP contribution in [-0.2, 0) is 33.3 Å². The van der Waals surface area contributed by atoms with Crippen molar-refractivity contribution in [3.63, 3.8) is 0 Å². The molecule has 0 heterocycles. The Bertz CT molecular complexity index is 1470. The number of rotatable bonds is 54. The predicted octanol–water partition coefficient (Wildman–Crippen LogP) is 17.6. The fraction of sp³-hybridized carbons (Fsp3) is 0.734. The molecule has 0 aromatic rings. The maximum absolute atomic E-state index is 12.9. The second-order valence-corrected chi connectivity index (χ2v) is 20.9. The van der Waals surface area contributed by atoms with Gasteiger partial charge in [-0.05, 0) is 89.9 Å². The van der Waals surface area contributed by atoms with E-state index in [1.165, 1.54) is 122 Å². The van der Waals surface area contributed by atoms with Gasteiger partial charge in [0.15, 0.2) is 6.10 Å². The van der Waals surface area contributed by atoms with E-state index in [4.69, 9.17) is 18.9 Å². The summed E-state index contributed by atoms with van der Waals surface area (Å²) in [5.41, 5.74) is 0. The monoisotopic (exact) mass is 1020 g/mol. The summed E-state index contributed by atoms with van der Waals surface area (Å²) in [4.78, 5) is 37.5. The number of nitrogens with zero attached hydrogens (tertiary/aromatic N) is 1. The Morgan fingerprint density at radius 1 is 0.425 bits per heavy atom. The van der Waals surface area contributed by atoms with E-state index in [-0.39, 0.29) is 32.2 Å². The molecule has 2 atom stereocenters. The fourth-order valence-electron chi connectivity index (χ4n) is 8.07. The number of ether oxygens (including phenoxy) is 4. The van der Waals surface area contributed by atoms with Crippen LogP contribution < -0.4 is 0 Å². The first kappa shape index (κ1) is 69.5. The van der Waals surface area contributed by atoms with Crippen LogP contribution in [0.5, 0.6) is 0 Å². The van der Waals surface area contributed by atoms with Gasteiger partial charge in [-0.25, -0.2) is 4.79 Å². The Balaban J connectivity index is 4.26. The van der Waals surface area contributed by atoms with Crippen LogP contribution in [0.15, 0.2) is 85.1 Å². The van der Waals surface area contributed by atoms with Crippen molar-refractivity contribution in [1.29, 1.82) is 0 Å². The molecular formula is C64H112NO8+. The number of carbonyl (C=O) groups excluding carboxylic acids is 2. The van der Waals surface area contributed by atoms with Crippen molar-refractivity contribution in [1.82, 2.24) is 0 Å². The van der Waals surface area contributed by atoms with Crippen LogP contribution in [0.3, 0.4) is 0 Å². The highest BCUT2D eigenvalue weighted by molar-refractivity contribution is 5.71. The van der Waals surface area contributed by atoms with Gasteiger partial charge in [0.1, 0.15) is 13.2 Å². The molecule has 0 spiro atoms. The molecular weight excluding hydrogens is 911 g/mol. The summed E-state index contributed by atoms with van der Waals surface area (Å²) >= 11 is 0. The van der Waals surface area contributed by atoms with E-state index in [2.05, 4.69) is 98.9 Å². The lowest BCUT2D eigenvalue weighted by molar-refractivity contribution is -0.870. The van der Waals surface area contributed by atoms with Crippen LogP contribution >= 0.6 is 0 Å². The Kier molecular flexibility index (Phi) is 52.1. The van der Waals surface area contributed by atoms with Gasteiger partial charge in [0, 0.05) is 12.8 Å². The summed E-state index contributed by atoms with van der Waals surface area (Å²) < 4.78 is 22.9. The van der Waals surface area contributed by atoms with Crippen molar-refractivity contribution in [2.45, 2.75) is 257 Å². The molecule has 0 fully saturated rings. The number of carboxylic acids is 1. The number of hydrogen-bond acceptors (Lipinski definition) is 7. The van der Waals surface area contributed by atoms with Crippen LogP contribution in [0, 0.1) is 0 Å². The molecule has 73 heavy (non-hydrogen) atoms. The van der Waals surface area contributed by atoms with Crippen molar-refractivity contribution in [2.24, 2.45) is 0 Å². The molecule has 0 saturated carbocycles. The standard InChI is InChI=1S/C64H111NO8/c1-6-8-10-12-14-16-18-20-22-24-26-28-30-31-33-35-37-39-41-43-45-47-49-51-53-55-62(67)73-60(59-72-64(63(68)69)70-57-56-65(3,4)5)58-71-61(66)54-52-50-48-46-44-42-40-38-36-34-32-29-27-25-23-21-19-17-15-13-11-9-7-2/h8,10,14,16,19-22,25-28,32,34,60,64H,6-7,9,11-13,15,17-18,23-24,29-31,33,35-59H2,1-5H3/p+1/b10-8-,16-14-,21-19-,22-20-,27-25-,28-26-,34-32-. The van der Waals surface area contributed by atoms with Crippen molar-refractivity contribution >= 4 is 17.9 Å². The van der Waals surface area contributed by atoms with E-state index in [1.54, 1.807) is 0 Å². The van der Waals surface area contributed by atoms with Gasteiger partial charge in [-0.15, -0.1) is 0 Å². The van der Waals surface area contributed by atoms with E-state index >= 15 is 0 Å². The van der Waals surface area contributed by atoms with Gasteiger partial charge in [-0.1, -0.05) is 227 Å². The minimum atomic E-state index is -1.52. The fourth-order valence-corrected chi connectivity index (χ4v) is 8.07. The smallest absolute Gasteiger partial charge is 0.361 e. The quantitative estimate of drug-likeness (QED) is 0.0211. The summed E-state index contributed by atoms with van der Waals surface area (Å²) in [5, 5.41) is 9.71. The van der Waals surface area contributed by atoms with E-state index in [0.717, 1.165) is 89.9 Å². The van der Waals surface area contributed by atoms with Crippen LogP contribution in [0.1, 0.15) is 245 Å². The summed E-state index contributed by atoms with van der Waals surface area (Å²) in [6, 6.07) is 0. The van der Waals surface area contributed by atoms with Crippen LogP contribution in [0.2, 0.25) is 0 Å². The van der Waals surface area contributed by atoms with Crippen molar-refractivity contribution in [2.75, 3.05) is 47.5 Å². The number of likely N-dealkylation sites (N-methyl/N-ethyl adjacent to an activating group) is 1. The normalized spacial score (nSPS) is 13.4. The van der Waals surface area contributed by atoms with Crippen LogP contribution in [-0.4, -0.2) is 87.4 Å². The minimum absolute atomic E-state index is 0.183. The van der Waals surface area contributed by atoms with Crippen molar-refractivity contribution in [3.8, 4) is 0 Å². The molecule has 0 aliphatic heterocycles. The van der Waals surface area contributed by atoms with E-state index < -0.39 is 24.3 Å². The molecule has 9 nitrogen and oxygen atoms in total. The molecule has 9 heteroatoms. The molecule has 420 valence electrons. The van der Waals surface area contributed by atoms with Gasteiger partial charge in [0.05, 0.1) is 34.4 Å². The van der Waals surface area contributed by atoms with Crippen LogP contribution in [0.4, 0.5) is 0 Å². The van der Waals surface area contributed by atoms with E-state index in [0.29, 0.717) is 23.9 Å². The first-order chi connectivity index (χ1) is 35.6. The SMILES string of the molecule is CC/C=C\C/C=C\C/C=C\C/C=C\CCCCCCCCCCCCCCC(=O)OC(COC(=O)CCCCCCCCCC/C=C\C/C=C\C/C=C\CCCCCCC)COC(OCC[N+](C)(C)C)C(=O)O. The zero-order chi connectivity index (χ0) is 53.4. The number of allylic oxidation sites excluding steroid dienone is 14. The third kappa shape index (κ3) is 56.0. The van der Waals surface area contributed by atoms with E-state index in [9.17, 15) is 19.5 Å². The lowest BCUT2D eigenvalue weighted by atomic mass is 10.0. The summed E-state index contributed by atoms with van der Waals surface area (Å²) in [7, 11) is 5.96. The number of aliphatic carboxylic acids is 1. The summed E-state index contributed by atoms with van der Waals surface area (Å²) in [5.74, 6) is -2.02. The Morgan fingerprint density at radius 3 is 1.16 bits per heavy atom. The number of quaternary nitrogens is 1. The second kappa shape index (κ2) is 54.7. The average Bonchev–Trinajstić information content (AvgIpc) is 3.36.